The van der Waals surface area contributed by atoms with E-state index in [1.54, 1.807) is 0 Å². The molecule has 1 aliphatic rings. The van der Waals surface area contributed by atoms with Crippen molar-refractivity contribution in [3.8, 4) is 0 Å². The molecule has 34 heavy (non-hydrogen) atoms. The van der Waals surface area contributed by atoms with Crippen molar-refractivity contribution in [2.24, 2.45) is 11.8 Å². The minimum Gasteiger partial charge on any atom is -0.352 e. The molecule has 13 heteroatoms. The third kappa shape index (κ3) is 5.18. The Kier molecular flexibility index (Phi) is 6.72. The topological polar surface area (TPSA) is 89.0 Å². The first-order valence-corrected chi connectivity index (χ1v) is 11.6. The van der Waals surface area contributed by atoms with Crippen LogP contribution in [-0.4, -0.2) is 35.6 Å². The zero-order valence-corrected chi connectivity index (χ0v) is 18.9. The molecule has 1 aromatic carbocycles. The maximum atomic E-state index is 13.1. The van der Waals surface area contributed by atoms with E-state index in [2.05, 4.69) is 15.3 Å². The van der Waals surface area contributed by atoms with Crippen molar-refractivity contribution >= 4 is 15.7 Å². The molecule has 6 nitrogen and oxygen atoms in total. The number of alkyl halides is 6. The van der Waals surface area contributed by atoms with Crippen molar-refractivity contribution in [1.29, 1.82) is 0 Å². The quantitative estimate of drug-likeness (QED) is 0.579. The smallest absolute Gasteiger partial charge is 0.352 e. The van der Waals surface area contributed by atoms with E-state index in [0.29, 0.717) is 18.9 Å². The molecule has 1 amide bonds. The number of hydrogen-bond donors (Lipinski definition) is 1. The summed E-state index contributed by atoms with van der Waals surface area (Å²) in [6.45, 7) is 3.07. The Balaban J connectivity index is 1.59. The monoisotopic (exact) mass is 509 g/mol. The normalized spacial score (nSPS) is 19.4. The highest BCUT2D eigenvalue weighted by molar-refractivity contribution is 7.92. The minimum atomic E-state index is -4.73. The lowest BCUT2D eigenvalue weighted by molar-refractivity contribution is -0.145. The highest BCUT2D eigenvalue weighted by Crippen LogP contribution is 2.46. The molecule has 3 rings (SSSR count). The number of hydrogen-bond acceptors (Lipinski definition) is 5. The third-order valence-corrected chi connectivity index (χ3v) is 8.70. The van der Waals surface area contributed by atoms with Gasteiger partial charge in [-0.15, -0.1) is 0 Å². The van der Waals surface area contributed by atoms with Gasteiger partial charge in [-0.05, 0) is 56.7 Å². The second-order valence-corrected chi connectivity index (χ2v) is 11.2. The van der Waals surface area contributed by atoms with Crippen molar-refractivity contribution in [3.63, 3.8) is 0 Å². The van der Waals surface area contributed by atoms with Gasteiger partial charge in [0.2, 0.25) is 5.82 Å². The van der Waals surface area contributed by atoms with Crippen molar-refractivity contribution in [2.75, 3.05) is 6.54 Å². The third-order valence-electron chi connectivity index (χ3n) is 6.10. The number of amides is 1. The summed E-state index contributed by atoms with van der Waals surface area (Å²) in [6, 6.07) is 3.61. The van der Waals surface area contributed by atoms with Crippen LogP contribution in [0.4, 0.5) is 26.3 Å². The zero-order valence-electron chi connectivity index (χ0n) is 18.0. The number of aromatic nitrogens is 2. The Morgan fingerprint density at radius 3 is 2.15 bits per heavy atom. The van der Waals surface area contributed by atoms with E-state index >= 15 is 0 Å². The van der Waals surface area contributed by atoms with E-state index in [4.69, 9.17) is 0 Å². The maximum Gasteiger partial charge on any atom is 0.451 e. The molecule has 186 valence electrons. The van der Waals surface area contributed by atoms with Crippen LogP contribution in [0.25, 0.3) is 0 Å². The second-order valence-electron chi connectivity index (χ2n) is 8.67. The maximum absolute atomic E-state index is 13.1. The zero-order chi connectivity index (χ0) is 25.5. The van der Waals surface area contributed by atoms with Gasteiger partial charge in [0.1, 0.15) is 0 Å². The van der Waals surface area contributed by atoms with Gasteiger partial charge < -0.3 is 5.32 Å². The summed E-state index contributed by atoms with van der Waals surface area (Å²) in [4.78, 5) is 18.0. The molecule has 0 saturated heterocycles. The summed E-state index contributed by atoms with van der Waals surface area (Å²) >= 11 is 0. The average molecular weight is 509 g/mol. The fraction of sp³-hybridized carbons (Fsp3) is 0.476. The SMILES string of the molecule is CC(C)(C1CC(CNC(=O)c2cnc(C(F)(F)F)nc2)C1)S(=O)(=O)c1cccc(C(F)(F)F)c1. The van der Waals surface area contributed by atoms with Crippen LogP contribution in [-0.2, 0) is 22.2 Å². The van der Waals surface area contributed by atoms with E-state index in [1.807, 2.05) is 0 Å². The van der Waals surface area contributed by atoms with Crippen molar-refractivity contribution in [2.45, 2.75) is 48.7 Å². The number of carbonyl (C=O) groups is 1. The molecule has 1 N–H and O–H groups in total. The molecular formula is C21H21F6N3O3S. The van der Waals surface area contributed by atoms with Gasteiger partial charge in [0, 0.05) is 18.9 Å². The van der Waals surface area contributed by atoms with E-state index in [9.17, 15) is 39.6 Å². The number of nitrogens with one attached hydrogen (secondary N) is 1. The van der Waals surface area contributed by atoms with E-state index in [-0.39, 0.29) is 23.9 Å². The molecular weight excluding hydrogens is 488 g/mol. The summed E-state index contributed by atoms with van der Waals surface area (Å²) in [5.41, 5.74) is -1.21. The van der Waals surface area contributed by atoms with Gasteiger partial charge in [0.25, 0.3) is 5.91 Å². The summed E-state index contributed by atoms with van der Waals surface area (Å²) in [7, 11) is -4.09. The van der Waals surface area contributed by atoms with Crippen LogP contribution in [0.3, 0.4) is 0 Å². The van der Waals surface area contributed by atoms with Crippen LogP contribution in [0.2, 0.25) is 0 Å². The molecule has 1 aromatic heterocycles. The Bertz CT molecular complexity index is 1160. The van der Waals surface area contributed by atoms with Gasteiger partial charge in [-0.3, -0.25) is 4.79 Å². The van der Waals surface area contributed by atoms with Crippen molar-refractivity contribution in [3.05, 3.63) is 53.6 Å². The standard InChI is InChI=1S/C21H21F6N3O3S/c1-19(2,34(32,33)16-5-3-4-14(8-16)20(22,23)24)15-6-12(7-15)9-28-17(31)13-10-29-18(30-11-13)21(25,26)27/h3-5,8,10-12,15H,6-7,9H2,1-2H3,(H,28,31). The van der Waals surface area contributed by atoms with Crippen LogP contribution in [0.1, 0.15) is 48.4 Å². The molecule has 0 unspecified atom stereocenters. The van der Waals surface area contributed by atoms with Crippen LogP contribution in [0.5, 0.6) is 0 Å². The van der Waals surface area contributed by atoms with Gasteiger partial charge in [0.15, 0.2) is 9.84 Å². The lowest BCUT2D eigenvalue weighted by atomic mass is 9.69. The lowest BCUT2D eigenvalue weighted by Crippen LogP contribution is -2.48. The fourth-order valence-electron chi connectivity index (χ4n) is 3.76. The summed E-state index contributed by atoms with van der Waals surface area (Å²) < 4.78 is 101. The highest BCUT2D eigenvalue weighted by atomic mass is 32.2. The predicted octanol–water partition coefficient (Wildman–Crippen LogP) is 4.52. The number of sulfone groups is 1. The molecule has 0 aliphatic heterocycles. The van der Waals surface area contributed by atoms with Crippen LogP contribution >= 0.6 is 0 Å². The summed E-state index contributed by atoms with van der Waals surface area (Å²) in [5.74, 6) is -2.49. The number of rotatable bonds is 6. The molecule has 1 fully saturated rings. The first kappa shape index (κ1) is 25.9. The molecule has 0 atom stereocenters. The number of carbonyl (C=O) groups excluding carboxylic acids is 1. The van der Waals surface area contributed by atoms with E-state index in [0.717, 1.165) is 30.6 Å². The molecule has 0 bridgehead atoms. The molecule has 2 aromatic rings. The Morgan fingerprint density at radius 2 is 1.62 bits per heavy atom. The molecule has 0 spiro atoms. The van der Waals surface area contributed by atoms with E-state index in [1.165, 1.54) is 13.8 Å². The average Bonchev–Trinajstić information content (AvgIpc) is 2.71. The highest BCUT2D eigenvalue weighted by Gasteiger charge is 2.48. The number of halogens is 6. The van der Waals surface area contributed by atoms with Gasteiger partial charge in [-0.1, -0.05) is 6.07 Å². The largest absolute Gasteiger partial charge is 0.451 e. The fourth-order valence-corrected chi connectivity index (χ4v) is 5.54. The first-order valence-electron chi connectivity index (χ1n) is 10.1. The van der Waals surface area contributed by atoms with Crippen LogP contribution in [0.15, 0.2) is 41.6 Å². The van der Waals surface area contributed by atoms with Crippen LogP contribution < -0.4 is 5.32 Å². The van der Waals surface area contributed by atoms with Crippen molar-refractivity contribution in [1.82, 2.24) is 15.3 Å². The summed E-state index contributed by atoms with van der Waals surface area (Å²) in [6.07, 6.45) is -7.08. The molecule has 1 heterocycles. The molecule has 1 aliphatic carbocycles. The van der Waals surface area contributed by atoms with E-state index < -0.39 is 49.1 Å². The molecule has 1 saturated carbocycles. The van der Waals surface area contributed by atoms with Gasteiger partial charge in [-0.2, -0.15) is 26.3 Å². The first-order chi connectivity index (χ1) is 15.5. The van der Waals surface area contributed by atoms with Gasteiger partial charge >= 0.3 is 12.4 Å². The number of nitrogens with zero attached hydrogens (tertiary/aromatic N) is 2. The molecule has 0 radical (unpaired) electrons. The van der Waals surface area contributed by atoms with Gasteiger partial charge in [-0.25, -0.2) is 18.4 Å². The van der Waals surface area contributed by atoms with Crippen molar-refractivity contribution < 1.29 is 39.6 Å². The Morgan fingerprint density at radius 1 is 1.03 bits per heavy atom. The number of benzene rings is 1. The predicted molar refractivity (Wildman–Crippen MR) is 108 cm³/mol. The lowest BCUT2D eigenvalue weighted by Gasteiger charge is -2.44. The van der Waals surface area contributed by atoms with Crippen LogP contribution in [0, 0.1) is 11.8 Å². The van der Waals surface area contributed by atoms with Gasteiger partial charge in [0.05, 0.1) is 20.8 Å². The summed E-state index contributed by atoms with van der Waals surface area (Å²) in [5, 5.41) is 2.55. The Hall–Kier alpha value is -2.70. The Labute approximate surface area is 191 Å². The minimum absolute atomic E-state index is 0.0969. The second kappa shape index (κ2) is 8.82.